The molecular weight excluding hydrogens is 362 g/mol. The highest BCUT2D eigenvalue weighted by molar-refractivity contribution is 7.89. The normalized spacial score (nSPS) is 18.1. The van der Waals surface area contributed by atoms with E-state index < -0.39 is 10.0 Å². The van der Waals surface area contributed by atoms with Crippen LogP contribution in [0.1, 0.15) is 18.1 Å². The fourth-order valence-electron chi connectivity index (χ4n) is 3.24. The molecule has 0 aromatic heterocycles. The average molecular weight is 383 g/mol. The van der Waals surface area contributed by atoms with Crippen LogP contribution in [0.2, 0.25) is 0 Å². The maximum absolute atomic E-state index is 12.8. The Bertz CT molecular complexity index is 950. The maximum Gasteiger partial charge on any atom is 0.243 e. The van der Waals surface area contributed by atoms with Crippen molar-refractivity contribution in [2.75, 3.05) is 19.6 Å². The molecule has 3 rings (SSSR count). The predicted octanol–water partition coefficient (Wildman–Crippen LogP) is 2.02. The first-order chi connectivity index (χ1) is 12.9. The SMILES string of the molecule is C[C@H]1CN(S(=O)(=O)c2ccc(C#N)cc2)CCN1C(=O)Cc1ccccc1. The van der Waals surface area contributed by atoms with Gasteiger partial charge in [-0.25, -0.2) is 8.42 Å². The van der Waals surface area contributed by atoms with E-state index in [1.165, 1.54) is 28.6 Å². The standard InChI is InChI=1S/C20H21N3O3S/c1-16-15-22(27(25,26)19-9-7-18(14-21)8-10-19)11-12-23(16)20(24)13-17-5-3-2-4-6-17/h2-10,16H,11-13,15H2,1H3/t16-/m0/s1. The molecule has 1 aliphatic heterocycles. The predicted molar refractivity (Wildman–Crippen MR) is 101 cm³/mol. The van der Waals surface area contributed by atoms with Crippen LogP contribution < -0.4 is 0 Å². The molecule has 140 valence electrons. The molecule has 2 aromatic carbocycles. The highest BCUT2D eigenvalue weighted by atomic mass is 32.2. The summed E-state index contributed by atoms with van der Waals surface area (Å²) in [6.07, 6.45) is 0.313. The second-order valence-electron chi connectivity index (χ2n) is 6.60. The third kappa shape index (κ3) is 4.18. The van der Waals surface area contributed by atoms with Gasteiger partial charge < -0.3 is 4.90 Å². The molecule has 0 radical (unpaired) electrons. The van der Waals surface area contributed by atoms with Crippen molar-refractivity contribution < 1.29 is 13.2 Å². The molecule has 7 heteroatoms. The van der Waals surface area contributed by atoms with Crippen molar-refractivity contribution in [3.63, 3.8) is 0 Å². The molecule has 1 amide bonds. The van der Waals surface area contributed by atoms with Gasteiger partial charge in [0.1, 0.15) is 0 Å². The van der Waals surface area contributed by atoms with Gasteiger partial charge in [0.15, 0.2) is 0 Å². The van der Waals surface area contributed by atoms with Gasteiger partial charge in [-0.3, -0.25) is 4.79 Å². The lowest BCUT2D eigenvalue weighted by molar-refractivity contribution is -0.134. The monoisotopic (exact) mass is 383 g/mol. The zero-order valence-corrected chi connectivity index (χ0v) is 15.9. The quantitative estimate of drug-likeness (QED) is 0.809. The molecule has 1 fully saturated rings. The van der Waals surface area contributed by atoms with Crippen LogP contribution in [-0.2, 0) is 21.2 Å². The van der Waals surface area contributed by atoms with Gasteiger partial charge in [0.2, 0.25) is 15.9 Å². The number of hydrogen-bond donors (Lipinski definition) is 0. The Morgan fingerprint density at radius 3 is 2.37 bits per heavy atom. The fraction of sp³-hybridized carbons (Fsp3) is 0.300. The minimum Gasteiger partial charge on any atom is -0.337 e. The van der Waals surface area contributed by atoms with Crippen molar-refractivity contribution in [2.45, 2.75) is 24.3 Å². The minimum absolute atomic E-state index is 0.00382. The summed E-state index contributed by atoms with van der Waals surface area (Å²) in [4.78, 5) is 14.5. The molecule has 2 aromatic rings. The maximum atomic E-state index is 12.8. The van der Waals surface area contributed by atoms with E-state index in [2.05, 4.69) is 0 Å². The van der Waals surface area contributed by atoms with Crippen LogP contribution in [0.4, 0.5) is 0 Å². The summed E-state index contributed by atoms with van der Waals surface area (Å²) in [5.41, 5.74) is 1.36. The fourth-order valence-corrected chi connectivity index (χ4v) is 4.75. The summed E-state index contributed by atoms with van der Waals surface area (Å²) < 4.78 is 27.1. The first-order valence-electron chi connectivity index (χ1n) is 8.75. The molecule has 27 heavy (non-hydrogen) atoms. The number of carbonyl (C=O) groups is 1. The van der Waals surface area contributed by atoms with Crippen LogP contribution in [0.15, 0.2) is 59.5 Å². The van der Waals surface area contributed by atoms with E-state index in [-0.39, 0.29) is 29.9 Å². The van der Waals surface area contributed by atoms with Gasteiger partial charge >= 0.3 is 0 Å². The Morgan fingerprint density at radius 1 is 1.11 bits per heavy atom. The van der Waals surface area contributed by atoms with Gasteiger partial charge in [0, 0.05) is 25.7 Å². The topological polar surface area (TPSA) is 81.5 Å². The van der Waals surface area contributed by atoms with Crippen LogP contribution in [0.25, 0.3) is 0 Å². The Morgan fingerprint density at radius 2 is 1.78 bits per heavy atom. The van der Waals surface area contributed by atoms with Crippen molar-refractivity contribution in [2.24, 2.45) is 0 Å². The number of piperazine rings is 1. The van der Waals surface area contributed by atoms with Crippen LogP contribution in [0.5, 0.6) is 0 Å². The molecule has 1 atom stereocenters. The summed E-state index contributed by atoms with van der Waals surface area (Å²) in [5, 5.41) is 8.85. The van der Waals surface area contributed by atoms with Crippen LogP contribution >= 0.6 is 0 Å². The lowest BCUT2D eigenvalue weighted by atomic mass is 10.1. The third-order valence-electron chi connectivity index (χ3n) is 4.73. The van der Waals surface area contributed by atoms with E-state index in [0.717, 1.165) is 5.56 Å². The molecule has 0 aliphatic carbocycles. The number of nitrogens with zero attached hydrogens (tertiary/aromatic N) is 3. The zero-order chi connectivity index (χ0) is 19.4. The van der Waals surface area contributed by atoms with Crippen LogP contribution in [0, 0.1) is 11.3 Å². The summed E-state index contributed by atoms with van der Waals surface area (Å²) >= 11 is 0. The van der Waals surface area contributed by atoms with E-state index in [9.17, 15) is 13.2 Å². The second-order valence-corrected chi connectivity index (χ2v) is 8.54. The number of hydrogen-bond acceptors (Lipinski definition) is 4. The summed E-state index contributed by atoms with van der Waals surface area (Å²) in [6.45, 7) is 2.74. The molecule has 0 bridgehead atoms. The Balaban J connectivity index is 1.68. The number of carbonyl (C=O) groups excluding carboxylic acids is 1. The van der Waals surface area contributed by atoms with Gasteiger partial charge in [-0.05, 0) is 36.8 Å². The lowest BCUT2D eigenvalue weighted by Crippen LogP contribution is -2.55. The van der Waals surface area contributed by atoms with Gasteiger partial charge in [-0.1, -0.05) is 30.3 Å². The van der Waals surface area contributed by atoms with Crippen molar-refractivity contribution in [3.05, 3.63) is 65.7 Å². The highest BCUT2D eigenvalue weighted by Crippen LogP contribution is 2.21. The first kappa shape index (κ1) is 19.1. The van der Waals surface area contributed by atoms with Crippen LogP contribution in [-0.4, -0.2) is 49.2 Å². The molecule has 0 spiro atoms. The number of rotatable bonds is 4. The summed E-state index contributed by atoms with van der Waals surface area (Å²) in [6, 6.07) is 17.2. The van der Waals surface area contributed by atoms with Crippen molar-refractivity contribution in [1.29, 1.82) is 5.26 Å². The van der Waals surface area contributed by atoms with Gasteiger partial charge in [-0.2, -0.15) is 9.57 Å². The Kier molecular flexibility index (Phi) is 5.59. The van der Waals surface area contributed by atoms with Gasteiger partial charge in [0.05, 0.1) is 22.9 Å². The summed E-state index contributed by atoms with van der Waals surface area (Å²) in [7, 11) is -3.64. The Labute approximate surface area is 159 Å². The second kappa shape index (κ2) is 7.91. The van der Waals surface area contributed by atoms with E-state index >= 15 is 0 Å². The van der Waals surface area contributed by atoms with Crippen molar-refractivity contribution in [1.82, 2.24) is 9.21 Å². The van der Waals surface area contributed by atoms with E-state index in [1.54, 1.807) is 4.90 Å². The molecule has 6 nitrogen and oxygen atoms in total. The van der Waals surface area contributed by atoms with E-state index in [0.29, 0.717) is 18.5 Å². The largest absolute Gasteiger partial charge is 0.337 e. The average Bonchev–Trinajstić information content (AvgIpc) is 2.68. The zero-order valence-electron chi connectivity index (χ0n) is 15.1. The van der Waals surface area contributed by atoms with E-state index in [1.807, 2.05) is 43.3 Å². The number of amides is 1. The van der Waals surface area contributed by atoms with Crippen molar-refractivity contribution >= 4 is 15.9 Å². The number of sulfonamides is 1. The van der Waals surface area contributed by atoms with Gasteiger partial charge in [-0.15, -0.1) is 0 Å². The van der Waals surface area contributed by atoms with Crippen LogP contribution in [0.3, 0.4) is 0 Å². The molecule has 0 saturated carbocycles. The summed E-state index contributed by atoms with van der Waals surface area (Å²) in [5.74, 6) is 0.00382. The van der Waals surface area contributed by atoms with E-state index in [4.69, 9.17) is 5.26 Å². The molecule has 1 heterocycles. The highest BCUT2D eigenvalue weighted by Gasteiger charge is 2.34. The molecule has 0 N–H and O–H groups in total. The molecular formula is C20H21N3O3S. The molecule has 0 unspecified atom stereocenters. The number of nitriles is 1. The molecule has 1 saturated heterocycles. The minimum atomic E-state index is -3.64. The third-order valence-corrected chi connectivity index (χ3v) is 6.61. The van der Waals surface area contributed by atoms with Gasteiger partial charge in [0.25, 0.3) is 0 Å². The first-order valence-corrected chi connectivity index (χ1v) is 10.2. The van der Waals surface area contributed by atoms with Crippen molar-refractivity contribution in [3.8, 4) is 6.07 Å². The lowest BCUT2D eigenvalue weighted by Gasteiger charge is -2.39. The smallest absolute Gasteiger partial charge is 0.243 e. The Hall–Kier alpha value is -2.69. The number of benzene rings is 2. The molecule has 1 aliphatic rings.